The van der Waals surface area contributed by atoms with Gasteiger partial charge in [0, 0.05) is 24.8 Å². The smallest absolute Gasteiger partial charge is 0.278 e. The van der Waals surface area contributed by atoms with Crippen molar-refractivity contribution in [2.45, 2.75) is 53.0 Å². The Bertz CT molecular complexity index is 1050. The molecule has 0 spiro atoms. The summed E-state index contributed by atoms with van der Waals surface area (Å²) >= 11 is 0. The molecule has 0 saturated carbocycles. The van der Waals surface area contributed by atoms with E-state index in [2.05, 4.69) is 64.0 Å². The van der Waals surface area contributed by atoms with Crippen LogP contribution in [-0.4, -0.2) is 33.2 Å². The first kappa shape index (κ1) is 20.3. The summed E-state index contributed by atoms with van der Waals surface area (Å²) in [5, 5.41) is 4.90. The molecule has 5 heteroatoms. The standard InChI is InChI=1S/C23H32N4O/c1-8-18(9-2)20-13-16(4)27-21(20)23(28)26(7)22(24-27)19-11-10-17(12-15(19)3)14-25(5)6/h10-13,18H,8-9,14H2,1-7H3. The SMILES string of the molecule is CCC(CC)c1cc(C)n2nc(-c3ccc(CN(C)C)cc3C)n(C)c(=O)c12. The number of hydrogen-bond donors (Lipinski definition) is 0. The summed E-state index contributed by atoms with van der Waals surface area (Å²) in [4.78, 5) is 15.5. The van der Waals surface area contributed by atoms with Gasteiger partial charge in [-0.1, -0.05) is 32.0 Å². The second kappa shape index (κ2) is 7.92. The predicted molar refractivity (Wildman–Crippen MR) is 116 cm³/mol. The topological polar surface area (TPSA) is 42.5 Å². The minimum absolute atomic E-state index is 0.0248. The van der Waals surface area contributed by atoms with Crippen LogP contribution in [0.1, 0.15) is 55.0 Å². The molecule has 0 aliphatic rings. The van der Waals surface area contributed by atoms with Crippen LogP contribution in [0.15, 0.2) is 29.1 Å². The van der Waals surface area contributed by atoms with Gasteiger partial charge in [0.1, 0.15) is 5.52 Å². The molecule has 0 fully saturated rings. The molecule has 28 heavy (non-hydrogen) atoms. The molecule has 0 aliphatic heterocycles. The highest BCUT2D eigenvalue weighted by molar-refractivity contribution is 5.64. The molecular weight excluding hydrogens is 348 g/mol. The van der Waals surface area contributed by atoms with Crippen molar-refractivity contribution in [3.8, 4) is 11.4 Å². The van der Waals surface area contributed by atoms with Crippen LogP contribution in [0, 0.1) is 13.8 Å². The molecular formula is C23H32N4O. The Balaban J connectivity index is 2.21. The lowest BCUT2D eigenvalue weighted by Gasteiger charge is -2.15. The number of nitrogens with zero attached hydrogens (tertiary/aromatic N) is 4. The number of benzene rings is 1. The highest BCUT2D eigenvalue weighted by atomic mass is 16.1. The zero-order valence-corrected chi connectivity index (χ0v) is 18.2. The fourth-order valence-electron chi connectivity index (χ4n) is 4.13. The summed E-state index contributed by atoms with van der Waals surface area (Å²) in [7, 11) is 5.96. The lowest BCUT2D eigenvalue weighted by Crippen LogP contribution is -2.24. The molecule has 150 valence electrons. The van der Waals surface area contributed by atoms with Crippen LogP contribution in [0.4, 0.5) is 0 Å². The van der Waals surface area contributed by atoms with Gasteiger partial charge in [0.15, 0.2) is 5.82 Å². The summed E-state index contributed by atoms with van der Waals surface area (Å²) in [6.07, 6.45) is 2.04. The van der Waals surface area contributed by atoms with Gasteiger partial charge in [0.25, 0.3) is 5.56 Å². The van der Waals surface area contributed by atoms with Crippen LogP contribution >= 0.6 is 0 Å². The van der Waals surface area contributed by atoms with E-state index >= 15 is 0 Å². The van der Waals surface area contributed by atoms with E-state index in [9.17, 15) is 4.79 Å². The van der Waals surface area contributed by atoms with Gasteiger partial charge in [0.05, 0.1) is 0 Å². The molecule has 0 bridgehead atoms. The second-order valence-electron chi connectivity index (χ2n) is 8.09. The average Bonchev–Trinajstić information content (AvgIpc) is 2.96. The molecule has 2 aromatic heterocycles. The maximum atomic E-state index is 13.3. The van der Waals surface area contributed by atoms with Crippen molar-refractivity contribution in [3.05, 3.63) is 57.0 Å². The van der Waals surface area contributed by atoms with Crippen molar-refractivity contribution in [3.63, 3.8) is 0 Å². The van der Waals surface area contributed by atoms with Crippen molar-refractivity contribution in [2.75, 3.05) is 14.1 Å². The van der Waals surface area contributed by atoms with Gasteiger partial charge in [-0.2, -0.15) is 0 Å². The first-order valence-electron chi connectivity index (χ1n) is 10.1. The van der Waals surface area contributed by atoms with Crippen LogP contribution in [0.5, 0.6) is 0 Å². The molecule has 0 N–H and O–H groups in total. The van der Waals surface area contributed by atoms with Crippen LogP contribution in [0.25, 0.3) is 16.9 Å². The van der Waals surface area contributed by atoms with E-state index in [4.69, 9.17) is 5.10 Å². The molecule has 0 atom stereocenters. The Morgan fingerprint density at radius 3 is 2.36 bits per heavy atom. The van der Waals surface area contributed by atoms with E-state index in [1.807, 2.05) is 18.5 Å². The van der Waals surface area contributed by atoms with Crippen molar-refractivity contribution >= 4 is 5.52 Å². The Morgan fingerprint density at radius 1 is 1.11 bits per heavy atom. The Morgan fingerprint density at radius 2 is 1.79 bits per heavy atom. The number of aryl methyl sites for hydroxylation is 2. The van der Waals surface area contributed by atoms with Crippen LogP contribution in [0.2, 0.25) is 0 Å². The Kier molecular flexibility index (Phi) is 5.75. The monoisotopic (exact) mass is 380 g/mol. The van der Waals surface area contributed by atoms with E-state index in [1.54, 1.807) is 4.57 Å². The second-order valence-corrected chi connectivity index (χ2v) is 8.09. The summed E-state index contributed by atoms with van der Waals surface area (Å²) in [6, 6.07) is 8.53. The highest BCUT2D eigenvalue weighted by Gasteiger charge is 2.21. The molecule has 0 aliphatic carbocycles. The van der Waals surface area contributed by atoms with Crippen molar-refractivity contribution in [1.29, 1.82) is 0 Å². The van der Waals surface area contributed by atoms with E-state index in [-0.39, 0.29) is 5.56 Å². The summed E-state index contributed by atoms with van der Waals surface area (Å²) < 4.78 is 3.55. The Hall–Kier alpha value is -2.40. The van der Waals surface area contributed by atoms with Gasteiger partial charge < -0.3 is 4.90 Å². The molecule has 2 heterocycles. The third kappa shape index (κ3) is 3.51. The Labute approximate surface area is 167 Å². The summed E-state index contributed by atoms with van der Waals surface area (Å²) in [6.45, 7) is 9.36. The maximum absolute atomic E-state index is 13.3. The highest BCUT2D eigenvalue weighted by Crippen LogP contribution is 2.29. The average molecular weight is 381 g/mol. The zero-order chi connectivity index (χ0) is 20.6. The number of fused-ring (bicyclic) bond motifs is 1. The molecule has 0 saturated heterocycles. The third-order valence-corrected chi connectivity index (χ3v) is 5.66. The number of rotatable bonds is 6. The van der Waals surface area contributed by atoms with Crippen LogP contribution < -0.4 is 5.56 Å². The van der Waals surface area contributed by atoms with Crippen molar-refractivity contribution in [2.24, 2.45) is 7.05 Å². The number of aromatic nitrogens is 3. The van der Waals surface area contributed by atoms with Crippen LogP contribution in [-0.2, 0) is 13.6 Å². The molecule has 3 aromatic rings. The third-order valence-electron chi connectivity index (χ3n) is 5.66. The van der Waals surface area contributed by atoms with Crippen LogP contribution in [0.3, 0.4) is 0 Å². The first-order chi connectivity index (χ1) is 13.3. The fourth-order valence-corrected chi connectivity index (χ4v) is 4.13. The van der Waals surface area contributed by atoms with Gasteiger partial charge in [-0.15, -0.1) is 5.10 Å². The van der Waals surface area contributed by atoms with Gasteiger partial charge in [-0.3, -0.25) is 9.36 Å². The van der Waals surface area contributed by atoms with Gasteiger partial charge >= 0.3 is 0 Å². The quantitative estimate of drug-likeness (QED) is 0.641. The minimum Gasteiger partial charge on any atom is -0.305 e. The van der Waals surface area contributed by atoms with E-state index in [0.29, 0.717) is 11.7 Å². The molecule has 1 aromatic carbocycles. The van der Waals surface area contributed by atoms with Gasteiger partial charge in [-0.05, 0) is 69.5 Å². The predicted octanol–water partition coefficient (Wildman–Crippen LogP) is 4.28. The first-order valence-corrected chi connectivity index (χ1v) is 10.1. The fraction of sp³-hybridized carbons (Fsp3) is 0.478. The molecule has 5 nitrogen and oxygen atoms in total. The maximum Gasteiger partial charge on any atom is 0.278 e. The lowest BCUT2D eigenvalue weighted by molar-refractivity contribution is 0.402. The zero-order valence-electron chi connectivity index (χ0n) is 18.2. The van der Waals surface area contributed by atoms with Gasteiger partial charge in [0.2, 0.25) is 0 Å². The van der Waals surface area contributed by atoms with Gasteiger partial charge in [-0.25, -0.2) is 4.52 Å². The normalized spacial score (nSPS) is 11.9. The van der Waals surface area contributed by atoms with E-state index in [1.165, 1.54) is 5.56 Å². The largest absolute Gasteiger partial charge is 0.305 e. The molecule has 0 unspecified atom stereocenters. The van der Waals surface area contributed by atoms with Crippen molar-refractivity contribution in [1.82, 2.24) is 19.1 Å². The summed E-state index contributed by atoms with van der Waals surface area (Å²) in [5.74, 6) is 1.09. The number of hydrogen-bond acceptors (Lipinski definition) is 3. The molecule has 0 radical (unpaired) electrons. The van der Waals surface area contributed by atoms with Crippen molar-refractivity contribution < 1.29 is 0 Å². The van der Waals surface area contributed by atoms with E-state index < -0.39 is 0 Å². The molecule has 0 amide bonds. The lowest BCUT2D eigenvalue weighted by atomic mass is 9.95. The van der Waals surface area contributed by atoms with E-state index in [0.717, 1.165) is 47.3 Å². The molecule has 3 rings (SSSR count). The summed E-state index contributed by atoms with van der Waals surface area (Å²) in [5.41, 5.74) is 6.27. The minimum atomic E-state index is 0.0248.